The molecule has 100 valence electrons. The van der Waals surface area contributed by atoms with Crippen molar-refractivity contribution in [3.63, 3.8) is 0 Å². The van der Waals surface area contributed by atoms with E-state index < -0.39 is 11.6 Å². The molecule has 1 aromatic carbocycles. The van der Waals surface area contributed by atoms with Gasteiger partial charge in [-0.3, -0.25) is 4.90 Å². The molecule has 2 rings (SSSR count). The van der Waals surface area contributed by atoms with Crippen LogP contribution in [0.1, 0.15) is 18.0 Å². The van der Waals surface area contributed by atoms with Gasteiger partial charge in [0.25, 0.3) is 0 Å². The summed E-state index contributed by atoms with van der Waals surface area (Å²) in [6.45, 7) is 2.40. The molecule has 1 aromatic rings. The maximum absolute atomic E-state index is 13.1. The Morgan fingerprint density at radius 3 is 2.83 bits per heavy atom. The fraction of sp³-hybridized carbons (Fsp3) is 0.538. The fourth-order valence-corrected chi connectivity index (χ4v) is 2.28. The summed E-state index contributed by atoms with van der Waals surface area (Å²) in [6, 6.07) is 3.51. The van der Waals surface area contributed by atoms with Crippen LogP contribution in [0.2, 0.25) is 0 Å². The number of ether oxygens (including phenoxy) is 1. The average molecular weight is 256 g/mol. The largest absolute Gasteiger partial charge is 0.380 e. The van der Waals surface area contributed by atoms with Crippen LogP contribution in [0.3, 0.4) is 0 Å². The van der Waals surface area contributed by atoms with Gasteiger partial charge in [-0.1, -0.05) is 6.07 Å². The number of nitrogens with two attached hydrogens (primary N) is 1. The second-order valence-corrected chi connectivity index (χ2v) is 4.69. The molecule has 0 bridgehead atoms. The van der Waals surface area contributed by atoms with Gasteiger partial charge in [0.2, 0.25) is 0 Å². The van der Waals surface area contributed by atoms with Gasteiger partial charge in [0, 0.05) is 32.8 Å². The van der Waals surface area contributed by atoms with Crippen LogP contribution in [0.15, 0.2) is 18.2 Å². The van der Waals surface area contributed by atoms with Gasteiger partial charge in [-0.15, -0.1) is 0 Å². The highest BCUT2D eigenvalue weighted by atomic mass is 19.2. The second-order valence-electron chi connectivity index (χ2n) is 4.69. The Morgan fingerprint density at radius 2 is 2.22 bits per heavy atom. The van der Waals surface area contributed by atoms with Crippen molar-refractivity contribution in [2.75, 3.05) is 26.7 Å². The van der Waals surface area contributed by atoms with Gasteiger partial charge in [0.15, 0.2) is 11.6 Å². The number of rotatable bonds is 4. The summed E-state index contributed by atoms with van der Waals surface area (Å²) >= 11 is 0. The molecule has 1 heterocycles. The lowest BCUT2D eigenvalue weighted by Gasteiger charge is -2.21. The third-order valence-corrected chi connectivity index (χ3v) is 3.39. The standard InChI is InChI=1S/C13H18F2N2O/c1-18-10-4-5-17(7-10)8-13(16)9-2-3-11(14)12(15)6-9/h2-3,6,10,13H,4-5,7-8,16H2,1H3. The summed E-state index contributed by atoms with van der Waals surface area (Å²) in [6.07, 6.45) is 1.24. The van der Waals surface area contributed by atoms with E-state index in [9.17, 15) is 8.78 Å². The minimum absolute atomic E-state index is 0.252. The molecule has 0 aromatic heterocycles. The molecule has 1 aliphatic heterocycles. The number of hydrogen-bond donors (Lipinski definition) is 1. The number of hydrogen-bond acceptors (Lipinski definition) is 3. The maximum atomic E-state index is 13.1. The third kappa shape index (κ3) is 3.04. The molecular formula is C13H18F2N2O. The summed E-state index contributed by atoms with van der Waals surface area (Å²) in [4.78, 5) is 2.18. The number of nitrogens with zero attached hydrogens (tertiary/aromatic N) is 1. The lowest BCUT2D eigenvalue weighted by Crippen LogP contribution is -2.31. The van der Waals surface area contributed by atoms with Gasteiger partial charge in [-0.05, 0) is 24.1 Å². The Balaban J connectivity index is 1.95. The smallest absolute Gasteiger partial charge is 0.159 e. The van der Waals surface area contributed by atoms with Crippen molar-refractivity contribution in [1.82, 2.24) is 4.90 Å². The molecule has 2 unspecified atom stereocenters. The van der Waals surface area contributed by atoms with Crippen LogP contribution in [-0.4, -0.2) is 37.7 Å². The number of benzene rings is 1. The number of methoxy groups -OCH3 is 1. The van der Waals surface area contributed by atoms with Crippen LogP contribution < -0.4 is 5.73 Å². The predicted octanol–water partition coefficient (Wildman–Crippen LogP) is 1.69. The first-order valence-electron chi connectivity index (χ1n) is 6.06. The van der Waals surface area contributed by atoms with E-state index in [0.717, 1.165) is 25.6 Å². The van der Waals surface area contributed by atoms with Gasteiger partial charge in [-0.2, -0.15) is 0 Å². The maximum Gasteiger partial charge on any atom is 0.159 e. The zero-order valence-electron chi connectivity index (χ0n) is 10.4. The van der Waals surface area contributed by atoms with E-state index in [1.54, 1.807) is 7.11 Å². The summed E-state index contributed by atoms with van der Waals surface area (Å²) in [5.74, 6) is -1.69. The molecule has 1 aliphatic rings. The number of likely N-dealkylation sites (tertiary alicyclic amines) is 1. The van der Waals surface area contributed by atoms with E-state index in [4.69, 9.17) is 10.5 Å². The Labute approximate surface area is 106 Å². The van der Waals surface area contributed by atoms with Crippen molar-refractivity contribution in [3.8, 4) is 0 Å². The lowest BCUT2D eigenvalue weighted by atomic mass is 10.1. The molecular weight excluding hydrogens is 238 g/mol. The van der Waals surface area contributed by atoms with Gasteiger partial charge in [0.05, 0.1) is 6.10 Å². The van der Waals surface area contributed by atoms with Gasteiger partial charge >= 0.3 is 0 Å². The van der Waals surface area contributed by atoms with Crippen LogP contribution in [0.5, 0.6) is 0 Å². The second kappa shape index (κ2) is 5.73. The van der Waals surface area contributed by atoms with Gasteiger partial charge < -0.3 is 10.5 Å². The average Bonchev–Trinajstić information content (AvgIpc) is 2.80. The van der Waals surface area contributed by atoms with E-state index in [1.807, 2.05) is 0 Å². The normalized spacial score (nSPS) is 22.3. The first-order chi connectivity index (χ1) is 8.60. The summed E-state index contributed by atoms with van der Waals surface area (Å²) in [5, 5.41) is 0. The van der Waals surface area contributed by atoms with Gasteiger partial charge in [-0.25, -0.2) is 8.78 Å². The monoisotopic (exact) mass is 256 g/mol. The zero-order valence-corrected chi connectivity index (χ0v) is 10.4. The van der Waals surface area contributed by atoms with Crippen molar-refractivity contribution in [2.24, 2.45) is 5.73 Å². The molecule has 0 aliphatic carbocycles. The van der Waals surface area contributed by atoms with Crippen molar-refractivity contribution < 1.29 is 13.5 Å². The molecule has 0 saturated carbocycles. The molecule has 1 fully saturated rings. The van der Waals surface area contributed by atoms with E-state index in [1.165, 1.54) is 12.1 Å². The SMILES string of the molecule is COC1CCN(CC(N)c2ccc(F)c(F)c2)C1. The van der Waals surface area contributed by atoms with Crippen LogP contribution in [0.25, 0.3) is 0 Å². The minimum atomic E-state index is -0.848. The predicted molar refractivity (Wildman–Crippen MR) is 65.1 cm³/mol. The van der Waals surface area contributed by atoms with E-state index in [-0.39, 0.29) is 12.1 Å². The van der Waals surface area contributed by atoms with Crippen LogP contribution in [0, 0.1) is 11.6 Å². The number of halogens is 2. The van der Waals surface area contributed by atoms with Crippen LogP contribution in [-0.2, 0) is 4.74 Å². The molecule has 3 nitrogen and oxygen atoms in total. The van der Waals surface area contributed by atoms with E-state index in [2.05, 4.69) is 4.90 Å². The van der Waals surface area contributed by atoms with Crippen molar-refractivity contribution >= 4 is 0 Å². The third-order valence-electron chi connectivity index (χ3n) is 3.39. The van der Waals surface area contributed by atoms with Gasteiger partial charge in [0.1, 0.15) is 0 Å². The molecule has 5 heteroatoms. The highest BCUT2D eigenvalue weighted by molar-refractivity contribution is 5.21. The highest BCUT2D eigenvalue weighted by Gasteiger charge is 2.23. The van der Waals surface area contributed by atoms with E-state index in [0.29, 0.717) is 12.1 Å². The van der Waals surface area contributed by atoms with E-state index >= 15 is 0 Å². The van der Waals surface area contributed by atoms with Crippen LogP contribution in [0.4, 0.5) is 8.78 Å². The first kappa shape index (κ1) is 13.4. The van der Waals surface area contributed by atoms with Crippen molar-refractivity contribution in [1.29, 1.82) is 0 Å². The Kier molecular flexibility index (Phi) is 4.27. The summed E-state index contributed by atoms with van der Waals surface area (Å²) in [5.41, 5.74) is 6.63. The molecule has 18 heavy (non-hydrogen) atoms. The Bertz CT molecular complexity index is 414. The Hall–Kier alpha value is -1.04. The van der Waals surface area contributed by atoms with Crippen molar-refractivity contribution in [2.45, 2.75) is 18.6 Å². The molecule has 0 radical (unpaired) electrons. The lowest BCUT2D eigenvalue weighted by molar-refractivity contribution is 0.107. The molecule has 0 spiro atoms. The summed E-state index contributed by atoms with van der Waals surface area (Å²) in [7, 11) is 1.70. The zero-order chi connectivity index (χ0) is 13.1. The molecule has 2 atom stereocenters. The van der Waals surface area contributed by atoms with Crippen LogP contribution >= 0.6 is 0 Å². The molecule has 2 N–H and O–H groups in total. The molecule has 0 amide bonds. The quantitative estimate of drug-likeness (QED) is 0.891. The molecule has 1 saturated heterocycles. The van der Waals surface area contributed by atoms with Crippen molar-refractivity contribution in [3.05, 3.63) is 35.4 Å². The summed E-state index contributed by atoms with van der Waals surface area (Å²) < 4.78 is 31.2. The first-order valence-corrected chi connectivity index (χ1v) is 6.06. The topological polar surface area (TPSA) is 38.5 Å². The minimum Gasteiger partial charge on any atom is -0.380 e. The fourth-order valence-electron chi connectivity index (χ4n) is 2.28. The highest BCUT2D eigenvalue weighted by Crippen LogP contribution is 2.18. The Morgan fingerprint density at radius 1 is 1.44 bits per heavy atom.